The number of nitrogens with one attached hydrogen (secondary N) is 1. The zero-order valence-corrected chi connectivity index (χ0v) is 12.7. The molecule has 6 heteroatoms. The van der Waals surface area contributed by atoms with Crippen LogP contribution in [0.1, 0.15) is 18.4 Å². The molecule has 1 aromatic carbocycles. The van der Waals surface area contributed by atoms with E-state index in [1.807, 2.05) is 30.3 Å². The molecule has 2 unspecified atom stereocenters. The van der Waals surface area contributed by atoms with Crippen molar-refractivity contribution in [2.24, 2.45) is 11.7 Å². The molecule has 0 aromatic heterocycles. The lowest BCUT2D eigenvalue weighted by Gasteiger charge is -2.27. The van der Waals surface area contributed by atoms with Gasteiger partial charge in [0.1, 0.15) is 0 Å². The number of amides is 1. The van der Waals surface area contributed by atoms with E-state index >= 15 is 0 Å². The summed E-state index contributed by atoms with van der Waals surface area (Å²) in [7, 11) is -3.23. The number of aryl methyl sites for hydroxylation is 1. The summed E-state index contributed by atoms with van der Waals surface area (Å²) < 4.78 is 24.3. The van der Waals surface area contributed by atoms with Crippen LogP contribution < -0.4 is 11.1 Å². The molecule has 2 atom stereocenters. The number of benzene rings is 1. The molecule has 1 fully saturated rings. The van der Waals surface area contributed by atoms with Crippen molar-refractivity contribution in [2.75, 3.05) is 12.3 Å². The second-order valence-electron chi connectivity index (χ2n) is 5.43. The molecular weight excluding hydrogens is 288 g/mol. The minimum atomic E-state index is -3.23. The maximum atomic E-state index is 12.2. The summed E-state index contributed by atoms with van der Waals surface area (Å²) >= 11 is 0. The highest BCUT2D eigenvalue weighted by molar-refractivity contribution is 7.93. The number of carbonyl (C=O) groups is 1. The molecule has 1 saturated heterocycles. The fraction of sp³-hybridized carbons (Fsp3) is 0.467. The molecule has 5 nitrogen and oxygen atoms in total. The van der Waals surface area contributed by atoms with Crippen molar-refractivity contribution in [1.82, 2.24) is 5.32 Å². The lowest BCUT2D eigenvalue weighted by molar-refractivity contribution is -0.120. The number of primary amides is 1. The molecule has 1 amide bonds. The predicted octanol–water partition coefficient (Wildman–Crippen LogP) is 0.659. The minimum absolute atomic E-state index is 0.0994. The van der Waals surface area contributed by atoms with Crippen LogP contribution in [-0.4, -0.2) is 32.7 Å². The van der Waals surface area contributed by atoms with Crippen molar-refractivity contribution in [2.45, 2.75) is 25.3 Å². The first-order valence-corrected chi connectivity index (χ1v) is 8.82. The van der Waals surface area contributed by atoms with Gasteiger partial charge in [-0.1, -0.05) is 30.3 Å². The average molecular weight is 309 g/mol. The van der Waals surface area contributed by atoms with Gasteiger partial charge in [-0.25, -0.2) is 8.42 Å². The molecule has 1 heterocycles. The topological polar surface area (TPSA) is 89.3 Å². The minimum Gasteiger partial charge on any atom is -0.368 e. The molecule has 2 rings (SSSR count). The fourth-order valence-electron chi connectivity index (χ4n) is 2.55. The van der Waals surface area contributed by atoms with E-state index in [-0.39, 0.29) is 11.7 Å². The third-order valence-corrected chi connectivity index (χ3v) is 5.28. The second kappa shape index (κ2) is 7.04. The van der Waals surface area contributed by atoms with Crippen LogP contribution >= 0.6 is 0 Å². The van der Waals surface area contributed by atoms with Crippen LogP contribution in [-0.2, 0) is 21.1 Å². The van der Waals surface area contributed by atoms with E-state index in [1.165, 1.54) is 5.75 Å². The number of sulfone groups is 1. The van der Waals surface area contributed by atoms with Crippen LogP contribution in [0.3, 0.4) is 0 Å². The van der Waals surface area contributed by atoms with E-state index in [0.717, 1.165) is 5.56 Å². The van der Waals surface area contributed by atoms with Gasteiger partial charge in [0.15, 0.2) is 9.84 Å². The van der Waals surface area contributed by atoms with Crippen molar-refractivity contribution in [3.63, 3.8) is 0 Å². The molecule has 0 aliphatic carbocycles. The highest BCUT2D eigenvalue weighted by Crippen LogP contribution is 2.22. The van der Waals surface area contributed by atoms with E-state index in [4.69, 9.17) is 5.73 Å². The van der Waals surface area contributed by atoms with Gasteiger partial charge in [0.2, 0.25) is 5.91 Å². The van der Waals surface area contributed by atoms with E-state index in [9.17, 15) is 13.2 Å². The first-order valence-electron chi connectivity index (χ1n) is 7.10. The van der Waals surface area contributed by atoms with E-state index in [1.54, 1.807) is 0 Å². The molecule has 115 valence electrons. The Morgan fingerprint density at radius 1 is 1.33 bits per heavy atom. The lowest BCUT2D eigenvalue weighted by atomic mass is 9.94. The zero-order valence-electron chi connectivity index (χ0n) is 11.9. The Balaban J connectivity index is 1.87. The van der Waals surface area contributed by atoms with Crippen molar-refractivity contribution >= 4 is 15.7 Å². The number of carbonyl (C=O) groups excluding carboxylic acids is 1. The molecule has 1 radical (unpaired) electrons. The van der Waals surface area contributed by atoms with Crippen LogP contribution in [0, 0.1) is 11.7 Å². The summed E-state index contributed by atoms with van der Waals surface area (Å²) in [6, 6.07) is 9.12. The van der Waals surface area contributed by atoms with Crippen LogP contribution in [0.2, 0.25) is 0 Å². The molecule has 0 bridgehead atoms. The van der Waals surface area contributed by atoms with Gasteiger partial charge in [0, 0.05) is 0 Å². The molecule has 0 saturated carbocycles. The third-order valence-electron chi connectivity index (χ3n) is 3.71. The van der Waals surface area contributed by atoms with Gasteiger partial charge in [0.25, 0.3) is 0 Å². The maximum Gasteiger partial charge on any atom is 0.234 e. The smallest absolute Gasteiger partial charge is 0.234 e. The Kier molecular flexibility index (Phi) is 5.36. The number of hydrogen-bond acceptors (Lipinski definition) is 4. The monoisotopic (exact) mass is 309 g/mol. The Morgan fingerprint density at radius 3 is 2.71 bits per heavy atom. The Hall–Kier alpha value is -1.40. The van der Waals surface area contributed by atoms with Gasteiger partial charge in [-0.3, -0.25) is 4.79 Å². The summed E-state index contributed by atoms with van der Waals surface area (Å²) in [5.74, 6) is 0.980. The Morgan fingerprint density at radius 2 is 2.05 bits per heavy atom. The van der Waals surface area contributed by atoms with E-state index in [0.29, 0.717) is 25.8 Å². The van der Waals surface area contributed by atoms with Crippen LogP contribution in [0.4, 0.5) is 0 Å². The van der Waals surface area contributed by atoms with Gasteiger partial charge in [-0.2, -0.15) is 0 Å². The number of rotatable bonds is 6. The molecule has 1 aromatic rings. The van der Waals surface area contributed by atoms with Gasteiger partial charge in [-0.05, 0) is 37.3 Å². The normalized spacial score (nSPS) is 22.9. The van der Waals surface area contributed by atoms with Crippen molar-refractivity contribution in [3.05, 3.63) is 41.6 Å². The van der Waals surface area contributed by atoms with Crippen molar-refractivity contribution < 1.29 is 13.2 Å². The quantitative estimate of drug-likeness (QED) is 0.808. The molecule has 1 aliphatic rings. The zero-order chi connectivity index (χ0) is 15.3. The summed E-state index contributed by atoms with van der Waals surface area (Å²) in [4.78, 5) is 11.2. The largest absolute Gasteiger partial charge is 0.368 e. The van der Waals surface area contributed by atoms with Crippen LogP contribution in [0.5, 0.6) is 0 Å². The lowest BCUT2D eigenvalue weighted by Crippen LogP contribution is -2.47. The molecule has 21 heavy (non-hydrogen) atoms. The van der Waals surface area contributed by atoms with Crippen LogP contribution in [0.25, 0.3) is 0 Å². The molecule has 1 aliphatic heterocycles. The predicted molar refractivity (Wildman–Crippen MR) is 81.9 cm³/mol. The SMILES string of the molecule is NC(=O)C1CC([CH]S(=O)(=O)CCc2ccccc2)CCN1. The summed E-state index contributed by atoms with van der Waals surface area (Å²) in [5.41, 5.74) is 6.27. The summed E-state index contributed by atoms with van der Waals surface area (Å²) in [6.45, 7) is 0.614. The highest BCUT2D eigenvalue weighted by Gasteiger charge is 2.28. The number of nitrogens with two attached hydrogens (primary N) is 1. The third kappa shape index (κ3) is 5.13. The maximum absolute atomic E-state index is 12.2. The highest BCUT2D eigenvalue weighted by atomic mass is 32.2. The molecule has 3 N–H and O–H groups in total. The fourth-order valence-corrected chi connectivity index (χ4v) is 4.04. The number of piperidine rings is 1. The Labute approximate surface area is 125 Å². The van der Waals surface area contributed by atoms with E-state index < -0.39 is 21.8 Å². The second-order valence-corrected chi connectivity index (χ2v) is 7.44. The van der Waals surface area contributed by atoms with Gasteiger partial charge >= 0.3 is 0 Å². The summed E-state index contributed by atoms with van der Waals surface area (Å²) in [5, 5.41) is 3.00. The van der Waals surface area contributed by atoms with Gasteiger partial charge in [-0.15, -0.1) is 0 Å². The molecule has 0 spiro atoms. The standard InChI is InChI=1S/C15H21N2O3S/c16-15(18)14-10-13(6-8-17-14)11-21(19,20)9-7-12-4-2-1-3-5-12/h1-5,11,13-14,17H,6-10H2,(H2,16,18). The van der Waals surface area contributed by atoms with Gasteiger partial charge < -0.3 is 11.1 Å². The average Bonchev–Trinajstić information content (AvgIpc) is 2.46. The summed E-state index contributed by atoms with van der Waals surface area (Å²) in [6.07, 6.45) is 1.68. The number of hydrogen-bond donors (Lipinski definition) is 2. The van der Waals surface area contributed by atoms with Crippen molar-refractivity contribution in [3.8, 4) is 0 Å². The van der Waals surface area contributed by atoms with Crippen molar-refractivity contribution in [1.29, 1.82) is 0 Å². The van der Waals surface area contributed by atoms with Gasteiger partial charge in [0.05, 0.1) is 17.5 Å². The first-order chi connectivity index (χ1) is 9.96. The van der Waals surface area contributed by atoms with E-state index in [2.05, 4.69) is 5.32 Å². The molecular formula is C15H21N2O3S. The first kappa shape index (κ1) is 16.0. The van der Waals surface area contributed by atoms with Crippen LogP contribution in [0.15, 0.2) is 30.3 Å². The Bertz CT molecular complexity index is 572.